The van der Waals surface area contributed by atoms with Crippen LogP contribution in [0.3, 0.4) is 0 Å². The Morgan fingerprint density at radius 3 is 2.20 bits per heavy atom. The summed E-state index contributed by atoms with van der Waals surface area (Å²) in [6.45, 7) is 1.35. The number of methoxy groups -OCH3 is 1. The second kappa shape index (κ2) is 8.90. The zero-order chi connectivity index (χ0) is 21.0. The van der Waals surface area contributed by atoms with E-state index in [1.807, 2.05) is 54.6 Å². The fourth-order valence-corrected chi connectivity index (χ4v) is 4.98. The van der Waals surface area contributed by atoms with E-state index in [-0.39, 0.29) is 10.9 Å². The molecule has 1 N–H and O–H groups in total. The smallest absolute Gasteiger partial charge is 0.240 e. The van der Waals surface area contributed by atoms with Gasteiger partial charge in [0.05, 0.1) is 12.0 Å². The van der Waals surface area contributed by atoms with E-state index in [9.17, 15) is 8.42 Å². The van der Waals surface area contributed by atoms with Crippen molar-refractivity contribution in [2.75, 3.05) is 25.1 Å². The van der Waals surface area contributed by atoms with Crippen molar-refractivity contribution in [3.8, 4) is 16.9 Å². The molecule has 0 saturated carbocycles. The van der Waals surface area contributed by atoms with E-state index in [0.29, 0.717) is 6.54 Å². The Labute approximate surface area is 178 Å². The van der Waals surface area contributed by atoms with Crippen molar-refractivity contribution >= 4 is 15.7 Å². The molecule has 6 heteroatoms. The maximum Gasteiger partial charge on any atom is 0.240 e. The molecule has 3 aromatic carbocycles. The molecule has 0 spiro atoms. The van der Waals surface area contributed by atoms with Crippen molar-refractivity contribution < 1.29 is 13.2 Å². The van der Waals surface area contributed by atoms with Crippen LogP contribution in [0.1, 0.15) is 12.8 Å². The normalized spacial score (nSPS) is 16.6. The molecule has 1 heterocycles. The van der Waals surface area contributed by atoms with E-state index in [0.717, 1.165) is 42.0 Å². The van der Waals surface area contributed by atoms with Gasteiger partial charge >= 0.3 is 0 Å². The Bertz CT molecular complexity index is 1070. The summed E-state index contributed by atoms with van der Waals surface area (Å²) in [4.78, 5) is 2.57. The molecule has 1 fully saturated rings. The van der Waals surface area contributed by atoms with Gasteiger partial charge in [-0.05, 0) is 60.4 Å². The van der Waals surface area contributed by atoms with Crippen LogP contribution in [-0.4, -0.2) is 34.7 Å². The highest BCUT2D eigenvalue weighted by atomic mass is 32.2. The van der Waals surface area contributed by atoms with Crippen LogP contribution in [0.15, 0.2) is 83.8 Å². The summed E-state index contributed by atoms with van der Waals surface area (Å²) in [6, 6.07) is 25.0. The number of rotatable bonds is 7. The lowest BCUT2D eigenvalue weighted by Crippen LogP contribution is -2.40. The van der Waals surface area contributed by atoms with Gasteiger partial charge in [0.1, 0.15) is 5.75 Å². The molecule has 1 aliphatic heterocycles. The molecule has 5 nitrogen and oxygen atoms in total. The Kier molecular flexibility index (Phi) is 6.06. The molecule has 3 aromatic rings. The Morgan fingerprint density at radius 2 is 1.57 bits per heavy atom. The Balaban J connectivity index is 1.43. The van der Waals surface area contributed by atoms with Crippen LogP contribution in [0.2, 0.25) is 0 Å². The summed E-state index contributed by atoms with van der Waals surface area (Å²) in [6.07, 6.45) is 2.05. The van der Waals surface area contributed by atoms with Crippen LogP contribution >= 0.6 is 0 Å². The number of hydrogen-bond donors (Lipinski definition) is 1. The first kappa shape index (κ1) is 20.4. The number of benzene rings is 3. The maximum atomic E-state index is 12.8. The molecule has 1 saturated heterocycles. The molecular formula is C24H26N2O3S. The van der Waals surface area contributed by atoms with E-state index in [4.69, 9.17) is 4.74 Å². The van der Waals surface area contributed by atoms with Gasteiger partial charge in [-0.25, -0.2) is 13.1 Å². The lowest BCUT2D eigenvalue weighted by molar-refractivity contribution is 0.415. The molecule has 0 amide bonds. The Morgan fingerprint density at radius 1 is 0.933 bits per heavy atom. The highest BCUT2D eigenvalue weighted by molar-refractivity contribution is 7.89. The number of para-hydroxylation sites is 1. The van der Waals surface area contributed by atoms with Crippen molar-refractivity contribution in [2.45, 2.75) is 23.8 Å². The minimum absolute atomic E-state index is 0.167. The zero-order valence-corrected chi connectivity index (χ0v) is 17.8. The molecule has 0 radical (unpaired) electrons. The third-order valence-electron chi connectivity index (χ3n) is 5.56. The van der Waals surface area contributed by atoms with E-state index >= 15 is 0 Å². The van der Waals surface area contributed by atoms with Gasteiger partial charge in [-0.3, -0.25) is 0 Å². The number of hydrogen-bond acceptors (Lipinski definition) is 4. The second-order valence-corrected chi connectivity index (χ2v) is 9.20. The lowest BCUT2D eigenvalue weighted by Gasteiger charge is -2.27. The van der Waals surface area contributed by atoms with Crippen molar-refractivity contribution in [1.82, 2.24) is 4.72 Å². The van der Waals surface area contributed by atoms with E-state index in [1.54, 1.807) is 19.2 Å². The molecule has 1 atom stereocenters. The molecule has 156 valence electrons. The van der Waals surface area contributed by atoms with Gasteiger partial charge in [0.2, 0.25) is 10.0 Å². The topological polar surface area (TPSA) is 58.6 Å². The monoisotopic (exact) mass is 422 g/mol. The largest absolute Gasteiger partial charge is 0.497 e. The van der Waals surface area contributed by atoms with Crippen LogP contribution in [-0.2, 0) is 10.0 Å². The van der Waals surface area contributed by atoms with Crippen LogP contribution in [0.25, 0.3) is 11.1 Å². The molecule has 1 unspecified atom stereocenters. The quantitative estimate of drug-likeness (QED) is 0.616. The average Bonchev–Trinajstić information content (AvgIpc) is 3.27. The van der Waals surface area contributed by atoms with Crippen molar-refractivity contribution in [3.05, 3.63) is 78.9 Å². The summed E-state index contributed by atoms with van der Waals surface area (Å²) in [5.74, 6) is 0.790. The molecule has 30 heavy (non-hydrogen) atoms. The second-order valence-electron chi connectivity index (χ2n) is 7.43. The summed E-state index contributed by atoms with van der Waals surface area (Å²) in [5, 5.41) is 0. The lowest BCUT2D eigenvalue weighted by atomic mass is 10.1. The minimum atomic E-state index is -3.56. The van der Waals surface area contributed by atoms with Gasteiger partial charge in [0.15, 0.2) is 0 Å². The predicted octanol–water partition coefficient (Wildman–Crippen LogP) is 4.31. The SMILES string of the molecule is COc1ccc(-c2ccc(S(=O)(=O)NCC3CCCN3c3ccccc3)cc2)cc1. The van der Waals surface area contributed by atoms with Gasteiger partial charge in [0, 0.05) is 24.8 Å². The standard InChI is InChI=1S/C24H26N2O3S/c1-29-23-13-9-19(10-14-23)20-11-15-24(16-12-20)30(27,28)25-18-22-8-5-17-26(22)21-6-3-2-4-7-21/h2-4,6-7,9-16,22,25H,5,8,17-18H2,1H3. The van der Waals surface area contributed by atoms with Crippen LogP contribution in [0, 0.1) is 0 Å². The predicted molar refractivity (Wildman–Crippen MR) is 120 cm³/mol. The van der Waals surface area contributed by atoms with Crippen LogP contribution in [0.4, 0.5) is 5.69 Å². The van der Waals surface area contributed by atoms with Gasteiger partial charge in [-0.1, -0.05) is 42.5 Å². The number of sulfonamides is 1. The van der Waals surface area contributed by atoms with Gasteiger partial charge in [-0.2, -0.15) is 0 Å². The minimum Gasteiger partial charge on any atom is -0.497 e. The third-order valence-corrected chi connectivity index (χ3v) is 7.00. The fourth-order valence-electron chi connectivity index (χ4n) is 3.91. The third kappa shape index (κ3) is 4.50. The van der Waals surface area contributed by atoms with Gasteiger partial charge in [0.25, 0.3) is 0 Å². The molecule has 0 aliphatic carbocycles. The number of anilines is 1. The van der Waals surface area contributed by atoms with Gasteiger partial charge in [-0.15, -0.1) is 0 Å². The number of nitrogens with zero attached hydrogens (tertiary/aromatic N) is 1. The summed E-state index contributed by atoms with van der Waals surface area (Å²) < 4.78 is 33.6. The van der Waals surface area contributed by atoms with Crippen molar-refractivity contribution in [1.29, 1.82) is 0 Å². The van der Waals surface area contributed by atoms with Crippen LogP contribution < -0.4 is 14.4 Å². The molecular weight excluding hydrogens is 396 g/mol. The number of ether oxygens (including phenoxy) is 1. The van der Waals surface area contributed by atoms with E-state index in [2.05, 4.69) is 21.8 Å². The Hall–Kier alpha value is -2.83. The highest BCUT2D eigenvalue weighted by Crippen LogP contribution is 2.26. The first-order valence-corrected chi connectivity index (χ1v) is 11.6. The highest BCUT2D eigenvalue weighted by Gasteiger charge is 2.26. The molecule has 0 bridgehead atoms. The van der Waals surface area contributed by atoms with Crippen molar-refractivity contribution in [3.63, 3.8) is 0 Å². The first-order chi connectivity index (χ1) is 14.6. The zero-order valence-electron chi connectivity index (χ0n) is 17.0. The van der Waals surface area contributed by atoms with Gasteiger partial charge < -0.3 is 9.64 Å². The average molecular weight is 423 g/mol. The molecule has 4 rings (SSSR count). The summed E-state index contributed by atoms with van der Waals surface area (Å²) >= 11 is 0. The van der Waals surface area contributed by atoms with Crippen molar-refractivity contribution in [2.24, 2.45) is 0 Å². The number of nitrogens with one attached hydrogen (secondary N) is 1. The summed E-state index contributed by atoms with van der Waals surface area (Å²) in [5.41, 5.74) is 3.11. The maximum absolute atomic E-state index is 12.8. The van der Waals surface area contributed by atoms with E-state index < -0.39 is 10.0 Å². The molecule has 1 aliphatic rings. The summed E-state index contributed by atoms with van der Waals surface area (Å²) in [7, 11) is -1.93. The molecule has 0 aromatic heterocycles. The first-order valence-electron chi connectivity index (χ1n) is 10.1. The van der Waals surface area contributed by atoms with Crippen LogP contribution in [0.5, 0.6) is 5.75 Å². The van der Waals surface area contributed by atoms with E-state index in [1.165, 1.54) is 0 Å². The fraction of sp³-hybridized carbons (Fsp3) is 0.250.